The van der Waals surface area contributed by atoms with Crippen LogP contribution in [0.1, 0.15) is 0 Å². The molecule has 24 valence electrons. The van der Waals surface area contributed by atoms with E-state index in [1.807, 2.05) is 0 Å². The van der Waals surface area contributed by atoms with Crippen molar-refractivity contribution >= 4 is 60.8 Å². The van der Waals surface area contributed by atoms with Crippen LogP contribution in [0.4, 0.5) is 0 Å². The van der Waals surface area contributed by atoms with Gasteiger partial charge in [0.2, 0.25) is 0 Å². The Morgan fingerprint density at radius 2 is 0.667 bits per heavy atom. The summed E-state index contributed by atoms with van der Waals surface area (Å²) < 4.78 is 0. The van der Waals surface area contributed by atoms with Crippen molar-refractivity contribution in [2.45, 2.75) is 0 Å². The van der Waals surface area contributed by atoms with Gasteiger partial charge >= 0.3 is 80.3 Å². The summed E-state index contributed by atoms with van der Waals surface area (Å²) in [5.41, 5.74) is 0. The van der Waals surface area contributed by atoms with Crippen LogP contribution in [0.5, 0.6) is 0 Å². The predicted octanol–water partition coefficient (Wildman–Crippen LogP) is -1.12. The zero-order valence-corrected chi connectivity index (χ0v) is 9.94. The minimum atomic E-state index is 0. The van der Waals surface area contributed by atoms with Crippen LogP contribution in [0.2, 0.25) is 0 Å². The van der Waals surface area contributed by atoms with E-state index in [1.165, 1.54) is 0 Å². The molecule has 0 aromatic rings. The number of hydrogen-bond acceptors (Lipinski definition) is 0. The molecule has 0 amide bonds. The summed E-state index contributed by atoms with van der Waals surface area (Å²) in [5, 5.41) is 0. The molecule has 0 aliphatic carbocycles. The molecule has 0 saturated carbocycles. The third-order valence-electron chi connectivity index (χ3n) is 0. The van der Waals surface area contributed by atoms with Crippen LogP contribution < -0.4 is 0 Å². The van der Waals surface area contributed by atoms with Crippen molar-refractivity contribution < 1.29 is 35.9 Å². The average Bonchev–Trinajstić information content (AvgIpc) is 0. The molecule has 0 bridgehead atoms. The summed E-state index contributed by atoms with van der Waals surface area (Å²) in [6.45, 7) is 0. The van der Waals surface area contributed by atoms with Crippen LogP contribution in [0.25, 0.3) is 0 Å². The quantitative estimate of drug-likeness (QED) is 0.420. The second-order valence-corrected chi connectivity index (χ2v) is 0. The second-order valence-electron chi connectivity index (χ2n) is 0. The molecule has 0 saturated heterocycles. The van der Waals surface area contributed by atoms with Gasteiger partial charge in [0.1, 0.15) is 0 Å². The Labute approximate surface area is 95.1 Å². The van der Waals surface area contributed by atoms with E-state index in [9.17, 15) is 0 Å². The zero-order chi connectivity index (χ0) is 0. The van der Waals surface area contributed by atoms with Gasteiger partial charge < -0.3 is 16.4 Å². The molecule has 0 aromatic carbocycles. The van der Waals surface area contributed by atoms with Gasteiger partial charge in [-0.3, -0.25) is 0 Å². The van der Waals surface area contributed by atoms with Gasteiger partial charge in [0.15, 0.2) is 0 Å². The van der Waals surface area contributed by atoms with Gasteiger partial charge in [-0.15, -0.1) is 0 Å². The third-order valence-corrected chi connectivity index (χ3v) is 0. The molecule has 0 heterocycles. The maximum absolute atomic E-state index is 0. The van der Waals surface area contributed by atoms with Crippen molar-refractivity contribution in [3.63, 3.8) is 0 Å². The smallest absolute Gasteiger partial charge is 2.00 e. The Balaban J connectivity index is 0. The minimum Gasteiger partial charge on any atom is -2.00 e. The molecule has 0 spiro atoms. The molecule has 0 aliphatic rings. The molecule has 0 aliphatic heterocycles. The summed E-state index contributed by atoms with van der Waals surface area (Å²) in [6.07, 6.45) is 0. The second kappa shape index (κ2) is 50.2. The van der Waals surface area contributed by atoms with E-state index in [-0.39, 0.29) is 96.7 Å². The molecule has 0 rings (SSSR count). The Hall–Kier alpha value is 2.53. The molecule has 6 heavy (non-hydrogen) atoms. The first kappa shape index (κ1) is 75.6. The molecule has 0 radical (unpaired) electrons. The Morgan fingerprint density at radius 3 is 0.667 bits per heavy atom. The van der Waals surface area contributed by atoms with Crippen molar-refractivity contribution in [2.24, 2.45) is 0 Å². The Kier molecular flexibility index (Phi) is 632. The predicted molar refractivity (Wildman–Crippen MR) is 13.6 cm³/mol. The Bertz CT molecular complexity index is 10.8. The van der Waals surface area contributed by atoms with Crippen molar-refractivity contribution in [1.29, 1.82) is 0 Å². The van der Waals surface area contributed by atoms with Gasteiger partial charge in [-0.1, -0.05) is 0 Å². The van der Waals surface area contributed by atoms with Gasteiger partial charge in [-0.2, -0.15) is 0 Å². The summed E-state index contributed by atoms with van der Waals surface area (Å²) in [6, 6.07) is 0. The standard InChI is InChI=1S/Ca.Mg.3O.Zn/q2*+2;3*-2;+2. The molecule has 0 unspecified atom stereocenters. The number of rotatable bonds is 0. The fraction of sp³-hybridized carbons (Fsp3) is 0. The molecule has 3 nitrogen and oxygen atoms in total. The van der Waals surface area contributed by atoms with E-state index in [1.54, 1.807) is 0 Å². The molecule has 0 N–H and O–H groups in total. The molecular formula is CaMgO3Zn. The van der Waals surface area contributed by atoms with Crippen molar-refractivity contribution in [3.05, 3.63) is 0 Å². The van der Waals surface area contributed by atoms with Crippen LogP contribution in [0.15, 0.2) is 0 Å². The summed E-state index contributed by atoms with van der Waals surface area (Å²) in [4.78, 5) is 0. The maximum Gasteiger partial charge on any atom is 2.00 e. The zero-order valence-electron chi connectivity index (χ0n) is 3.35. The van der Waals surface area contributed by atoms with E-state index in [0.717, 1.165) is 0 Å². The minimum absolute atomic E-state index is 0. The topological polar surface area (TPSA) is 85.5 Å². The number of hydrogen-bond donors (Lipinski definition) is 0. The maximum atomic E-state index is 0. The fourth-order valence-electron chi connectivity index (χ4n) is 0. The van der Waals surface area contributed by atoms with Crippen molar-refractivity contribution in [2.75, 3.05) is 0 Å². The summed E-state index contributed by atoms with van der Waals surface area (Å²) >= 11 is 0. The van der Waals surface area contributed by atoms with Gasteiger partial charge in [0.05, 0.1) is 0 Å². The molecule has 0 fully saturated rings. The monoisotopic (exact) mass is 176 g/mol. The Morgan fingerprint density at radius 1 is 0.667 bits per heavy atom. The van der Waals surface area contributed by atoms with Gasteiger partial charge in [0.25, 0.3) is 0 Å². The first-order valence-electron chi connectivity index (χ1n) is 0. The first-order chi connectivity index (χ1) is 0. The SMILES string of the molecule is [Ca+2].[Mg+2].[O-2].[O-2].[O-2].[Zn+2]. The van der Waals surface area contributed by atoms with Gasteiger partial charge in [0, 0.05) is 0 Å². The average molecular weight is 178 g/mol. The molecular weight excluding hydrogens is 178 g/mol. The normalized spacial score (nSPS) is 0. The van der Waals surface area contributed by atoms with Gasteiger partial charge in [-0.05, 0) is 0 Å². The van der Waals surface area contributed by atoms with E-state index < -0.39 is 0 Å². The van der Waals surface area contributed by atoms with Crippen LogP contribution >= 0.6 is 0 Å². The fourth-order valence-corrected chi connectivity index (χ4v) is 0. The van der Waals surface area contributed by atoms with E-state index in [0.29, 0.717) is 0 Å². The van der Waals surface area contributed by atoms with E-state index >= 15 is 0 Å². The van der Waals surface area contributed by atoms with Crippen LogP contribution in [0, 0.1) is 0 Å². The summed E-state index contributed by atoms with van der Waals surface area (Å²) in [5.74, 6) is 0. The van der Waals surface area contributed by atoms with E-state index in [2.05, 4.69) is 0 Å². The van der Waals surface area contributed by atoms with Crippen molar-refractivity contribution in [1.82, 2.24) is 0 Å². The van der Waals surface area contributed by atoms with Gasteiger partial charge in [-0.25, -0.2) is 0 Å². The molecule has 0 atom stereocenters. The molecule has 0 aromatic heterocycles. The summed E-state index contributed by atoms with van der Waals surface area (Å²) in [7, 11) is 0. The molecule has 6 heteroatoms. The van der Waals surface area contributed by atoms with E-state index in [4.69, 9.17) is 0 Å². The largest absolute Gasteiger partial charge is 2.00 e. The first-order valence-corrected chi connectivity index (χ1v) is 0. The van der Waals surface area contributed by atoms with Crippen LogP contribution in [-0.2, 0) is 35.9 Å². The van der Waals surface area contributed by atoms with Crippen LogP contribution in [0.3, 0.4) is 0 Å². The third kappa shape index (κ3) is 31.2. The van der Waals surface area contributed by atoms with Crippen LogP contribution in [-0.4, -0.2) is 60.8 Å². The van der Waals surface area contributed by atoms with Crippen molar-refractivity contribution in [3.8, 4) is 0 Å².